The van der Waals surface area contributed by atoms with Gasteiger partial charge < -0.3 is 9.73 Å². The lowest BCUT2D eigenvalue weighted by atomic mass is 10.1. The highest BCUT2D eigenvalue weighted by Crippen LogP contribution is 2.31. The maximum Gasteiger partial charge on any atom is 0.135 e. The first-order chi connectivity index (χ1) is 10.3. The number of thiophene rings is 1. The largest absolute Gasteiger partial charge is 0.456 e. The Labute approximate surface area is 127 Å². The summed E-state index contributed by atoms with van der Waals surface area (Å²) in [5.74, 6) is 0. The van der Waals surface area contributed by atoms with Crippen LogP contribution in [0.15, 0.2) is 63.7 Å². The van der Waals surface area contributed by atoms with Crippen LogP contribution in [0.25, 0.3) is 21.9 Å². The summed E-state index contributed by atoms with van der Waals surface area (Å²) in [6.45, 7) is 2.18. The van der Waals surface area contributed by atoms with E-state index in [1.54, 1.807) is 11.3 Å². The highest BCUT2D eigenvalue weighted by Gasteiger charge is 2.09. The first kappa shape index (κ1) is 12.5. The van der Waals surface area contributed by atoms with Crippen LogP contribution in [-0.4, -0.2) is 0 Å². The smallest absolute Gasteiger partial charge is 0.135 e. The van der Waals surface area contributed by atoms with Gasteiger partial charge >= 0.3 is 0 Å². The third-order valence-electron chi connectivity index (χ3n) is 3.80. The summed E-state index contributed by atoms with van der Waals surface area (Å²) in [5, 5.41) is 10.2. The molecule has 0 fully saturated rings. The van der Waals surface area contributed by atoms with E-state index in [0.717, 1.165) is 22.2 Å². The van der Waals surface area contributed by atoms with Crippen LogP contribution in [0.1, 0.15) is 18.5 Å². The van der Waals surface area contributed by atoms with Crippen molar-refractivity contribution in [3.05, 3.63) is 64.9 Å². The number of para-hydroxylation sites is 1. The van der Waals surface area contributed by atoms with Gasteiger partial charge in [-0.05, 0) is 53.6 Å². The Morgan fingerprint density at radius 2 is 1.86 bits per heavy atom. The van der Waals surface area contributed by atoms with Gasteiger partial charge in [0.1, 0.15) is 11.2 Å². The molecule has 0 radical (unpaired) electrons. The van der Waals surface area contributed by atoms with Crippen LogP contribution < -0.4 is 5.32 Å². The molecule has 0 aliphatic heterocycles. The van der Waals surface area contributed by atoms with Crippen LogP contribution in [0.4, 0.5) is 5.69 Å². The second-order valence-corrected chi connectivity index (χ2v) is 6.01. The lowest BCUT2D eigenvalue weighted by molar-refractivity contribution is 0.669. The molecule has 1 unspecified atom stereocenters. The van der Waals surface area contributed by atoms with Gasteiger partial charge in [0.05, 0.1) is 0 Å². The van der Waals surface area contributed by atoms with Crippen molar-refractivity contribution in [3.8, 4) is 0 Å². The van der Waals surface area contributed by atoms with E-state index in [1.807, 2.05) is 24.3 Å². The fraction of sp³-hybridized carbons (Fsp3) is 0.111. The van der Waals surface area contributed by atoms with Crippen molar-refractivity contribution in [2.75, 3.05) is 5.32 Å². The molecule has 3 heteroatoms. The first-order valence-corrected chi connectivity index (χ1v) is 7.95. The fourth-order valence-corrected chi connectivity index (χ4v) is 3.42. The predicted molar refractivity (Wildman–Crippen MR) is 90.1 cm³/mol. The number of benzene rings is 2. The normalized spacial score (nSPS) is 12.8. The van der Waals surface area contributed by atoms with Crippen molar-refractivity contribution in [3.63, 3.8) is 0 Å². The molecule has 4 rings (SSSR count). The summed E-state index contributed by atoms with van der Waals surface area (Å²) < 4.78 is 5.86. The maximum absolute atomic E-state index is 5.86. The molecule has 0 saturated heterocycles. The van der Waals surface area contributed by atoms with E-state index in [1.165, 1.54) is 10.9 Å². The zero-order valence-corrected chi connectivity index (χ0v) is 12.5. The molecule has 0 aliphatic carbocycles. The van der Waals surface area contributed by atoms with Gasteiger partial charge in [0.15, 0.2) is 0 Å². The molecule has 2 aromatic carbocycles. The number of rotatable bonds is 3. The number of hydrogen-bond donors (Lipinski definition) is 1. The molecule has 0 aliphatic rings. The van der Waals surface area contributed by atoms with Gasteiger partial charge in [-0.3, -0.25) is 0 Å². The van der Waals surface area contributed by atoms with Gasteiger partial charge in [0.25, 0.3) is 0 Å². The van der Waals surface area contributed by atoms with Gasteiger partial charge in [-0.15, -0.1) is 0 Å². The standard InChI is InChI=1S/C18H15NOS/c1-12(13-8-9-21-11-13)19-14-6-7-18-16(10-14)15-4-2-3-5-17(15)20-18/h2-12,19H,1H3. The lowest BCUT2D eigenvalue weighted by Gasteiger charge is -2.14. The fourth-order valence-electron chi connectivity index (χ4n) is 2.67. The molecule has 1 atom stereocenters. The van der Waals surface area contributed by atoms with Crippen LogP contribution in [0.5, 0.6) is 0 Å². The summed E-state index contributed by atoms with van der Waals surface area (Å²) in [7, 11) is 0. The zero-order valence-electron chi connectivity index (χ0n) is 11.7. The molecule has 2 nitrogen and oxygen atoms in total. The molecule has 4 aromatic rings. The molecule has 1 N–H and O–H groups in total. The third kappa shape index (κ3) is 2.20. The van der Waals surface area contributed by atoms with Gasteiger partial charge in [-0.2, -0.15) is 11.3 Å². The first-order valence-electron chi connectivity index (χ1n) is 7.01. The summed E-state index contributed by atoms with van der Waals surface area (Å²) in [6.07, 6.45) is 0. The van der Waals surface area contributed by atoms with E-state index < -0.39 is 0 Å². The molecular formula is C18H15NOS. The number of hydrogen-bond acceptors (Lipinski definition) is 3. The van der Waals surface area contributed by atoms with Crippen molar-refractivity contribution < 1.29 is 4.42 Å². The van der Waals surface area contributed by atoms with Crippen molar-refractivity contribution in [1.82, 2.24) is 0 Å². The molecule has 0 saturated carbocycles. The van der Waals surface area contributed by atoms with Gasteiger partial charge in [0, 0.05) is 22.5 Å². The van der Waals surface area contributed by atoms with E-state index in [-0.39, 0.29) is 0 Å². The van der Waals surface area contributed by atoms with Crippen LogP contribution >= 0.6 is 11.3 Å². The molecular weight excluding hydrogens is 278 g/mol. The zero-order chi connectivity index (χ0) is 14.2. The number of furan rings is 1. The monoisotopic (exact) mass is 293 g/mol. The Kier molecular flexibility index (Phi) is 2.93. The number of nitrogens with one attached hydrogen (secondary N) is 1. The number of fused-ring (bicyclic) bond motifs is 3. The molecule has 104 valence electrons. The van der Waals surface area contributed by atoms with Crippen LogP contribution in [0.3, 0.4) is 0 Å². The second-order valence-electron chi connectivity index (χ2n) is 5.23. The topological polar surface area (TPSA) is 25.2 Å². The Bertz CT molecular complexity index is 892. The van der Waals surface area contributed by atoms with Gasteiger partial charge in [-0.1, -0.05) is 18.2 Å². The van der Waals surface area contributed by atoms with Crippen molar-refractivity contribution in [2.45, 2.75) is 13.0 Å². The minimum absolute atomic E-state index is 0.298. The van der Waals surface area contributed by atoms with Crippen molar-refractivity contribution in [2.24, 2.45) is 0 Å². The summed E-state index contributed by atoms with van der Waals surface area (Å²) in [6, 6.07) is 16.9. The van der Waals surface area contributed by atoms with E-state index in [0.29, 0.717) is 6.04 Å². The van der Waals surface area contributed by atoms with Gasteiger partial charge in [-0.25, -0.2) is 0 Å². The summed E-state index contributed by atoms with van der Waals surface area (Å²) >= 11 is 1.73. The average molecular weight is 293 g/mol. The minimum Gasteiger partial charge on any atom is -0.456 e. The Morgan fingerprint density at radius 3 is 2.71 bits per heavy atom. The highest BCUT2D eigenvalue weighted by molar-refractivity contribution is 7.08. The molecule has 2 aromatic heterocycles. The predicted octanol–water partition coefficient (Wildman–Crippen LogP) is 5.82. The van der Waals surface area contributed by atoms with Gasteiger partial charge in [0.2, 0.25) is 0 Å². The number of anilines is 1. The van der Waals surface area contributed by atoms with Crippen LogP contribution in [0.2, 0.25) is 0 Å². The van der Waals surface area contributed by atoms with E-state index >= 15 is 0 Å². The Balaban J connectivity index is 1.74. The van der Waals surface area contributed by atoms with Crippen molar-refractivity contribution >= 4 is 39.0 Å². The second kappa shape index (κ2) is 4.93. The SMILES string of the molecule is CC(Nc1ccc2oc3ccccc3c2c1)c1ccsc1. The summed E-state index contributed by atoms with van der Waals surface area (Å²) in [4.78, 5) is 0. The Morgan fingerprint density at radius 1 is 1.00 bits per heavy atom. The molecule has 21 heavy (non-hydrogen) atoms. The van der Waals surface area contributed by atoms with E-state index in [4.69, 9.17) is 4.42 Å². The molecule has 2 heterocycles. The highest BCUT2D eigenvalue weighted by atomic mass is 32.1. The molecule has 0 amide bonds. The average Bonchev–Trinajstić information content (AvgIpc) is 3.14. The Hall–Kier alpha value is -2.26. The lowest BCUT2D eigenvalue weighted by Crippen LogP contribution is -2.05. The maximum atomic E-state index is 5.86. The molecule has 0 spiro atoms. The molecule has 0 bridgehead atoms. The van der Waals surface area contributed by atoms with Crippen LogP contribution in [0, 0.1) is 0 Å². The van der Waals surface area contributed by atoms with Crippen LogP contribution in [-0.2, 0) is 0 Å². The van der Waals surface area contributed by atoms with Crippen molar-refractivity contribution in [1.29, 1.82) is 0 Å². The summed E-state index contributed by atoms with van der Waals surface area (Å²) in [5.41, 5.74) is 4.31. The van der Waals surface area contributed by atoms with E-state index in [9.17, 15) is 0 Å². The van der Waals surface area contributed by atoms with E-state index in [2.05, 4.69) is 47.3 Å². The third-order valence-corrected chi connectivity index (χ3v) is 4.50. The quantitative estimate of drug-likeness (QED) is 0.515. The minimum atomic E-state index is 0.298.